The summed E-state index contributed by atoms with van der Waals surface area (Å²) in [4.78, 5) is 0. The summed E-state index contributed by atoms with van der Waals surface area (Å²) in [6.07, 6.45) is 4.93. The van der Waals surface area contributed by atoms with Crippen LogP contribution in [0.5, 0.6) is 5.75 Å². The molecule has 2 rings (SSSR count). The topological polar surface area (TPSA) is 35.2 Å². The van der Waals surface area contributed by atoms with Crippen LogP contribution in [0.4, 0.5) is 0 Å². The molecule has 0 bridgehead atoms. The molecule has 0 heterocycles. The van der Waals surface area contributed by atoms with Crippen molar-refractivity contribution in [1.82, 2.24) is 0 Å². The molecule has 1 aromatic carbocycles. The maximum atomic E-state index is 6.20. The van der Waals surface area contributed by atoms with E-state index in [1.165, 1.54) is 24.8 Å². The lowest BCUT2D eigenvalue weighted by Gasteiger charge is -2.32. The Morgan fingerprint density at radius 2 is 1.94 bits per heavy atom. The summed E-state index contributed by atoms with van der Waals surface area (Å²) in [5.74, 6) is 2.64. The lowest BCUT2D eigenvalue weighted by molar-refractivity contribution is 0.0997. The Hall–Kier alpha value is -1.02. The second-order valence-corrected chi connectivity index (χ2v) is 5.65. The number of nitrogens with two attached hydrogens (primary N) is 1. The zero-order valence-corrected chi connectivity index (χ0v) is 11.6. The van der Waals surface area contributed by atoms with E-state index >= 15 is 0 Å². The van der Waals surface area contributed by atoms with Crippen LogP contribution in [-0.4, -0.2) is 12.6 Å². The first-order valence-electron chi connectivity index (χ1n) is 7.15. The van der Waals surface area contributed by atoms with E-state index in [9.17, 15) is 0 Å². The molecule has 2 heteroatoms. The summed E-state index contributed by atoms with van der Waals surface area (Å²) in [7, 11) is 0. The van der Waals surface area contributed by atoms with Gasteiger partial charge in [-0.3, -0.25) is 0 Å². The molecule has 1 aliphatic rings. The van der Waals surface area contributed by atoms with E-state index in [4.69, 9.17) is 10.5 Å². The minimum atomic E-state index is 0.384. The minimum Gasteiger partial charge on any atom is -0.490 e. The van der Waals surface area contributed by atoms with Crippen LogP contribution < -0.4 is 10.5 Å². The molecular weight excluding hydrogens is 222 g/mol. The molecule has 0 aromatic heterocycles. The SMILES string of the molecule is CC1CCC(Oc2ccccc2CCN)CC1C. The van der Waals surface area contributed by atoms with Gasteiger partial charge in [0.05, 0.1) is 6.10 Å². The van der Waals surface area contributed by atoms with Gasteiger partial charge in [0.1, 0.15) is 5.75 Å². The van der Waals surface area contributed by atoms with Gasteiger partial charge < -0.3 is 10.5 Å². The van der Waals surface area contributed by atoms with E-state index in [2.05, 4.69) is 32.0 Å². The predicted molar refractivity (Wildman–Crippen MR) is 75.8 cm³/mol. The summed E-state index contributed by atoms with van der Waals surface area (Å²) in [6.45, 7) is 5.37. The molecule has 3 atom stereocenters. The maximum Gasteiger partial charge on any atom is 0.122 e. The highest BCUT2D eigenvalue weighted by molar-refractivity contribution is 5.33. The maximum absolute atomic E-state index is 6.20. The Bertz CT molecular complexity index is 377. The third kappa shape index (κ3) is 3.26. The molecule has 1 saturated carbocycles. The van der Waals surface area contributed by atoms with Crippen molar-refractivity contribution in [3.8, 4) is 5.75 Å². The number of para-hydroxylation sites is 1. The van der Waals surface area contributed by atoms with Crippen LogP contribution >= 0.6 is 0 Å². The van der Waals surface area contributed by atoms with Gasteiger partial charge in [-0.1, -0.05) is 32.0 Å². The van der Waals surface area contributed by atoms with Crippen molar-refractivity contribution in [3.63, 3.8) is 0 Å². The molecule has 1 aromatic rings. The summed E-state index contributed by atoms with van der Waals surface area (Å²) in [5, 5.41) is 0. The van der Waals surface area contributed by atoms with Gasteiger partial charge >= 0.3 is 0 Å². The van der Waals surface area contributed by atoms with Crippen molar-refractivity contribution < 1.29 is 4.74 Å². The summed E-state index contributed by atoms with van der Waals surface area (Å²) >= 11 is 0. The van der Waals surface area contributed by atoms with Crippen LogP contribution in [0.1, 0.15) is 38.7 Å². The van der Waals surface area contributed by atoms with Gasteiger partial charge in [0.25, 0.3) is 0 Å². The number of hydrogen-bond donors (Lipinski definition) is 1. The molecule has 1 fully saturated rings. The fourth-order valence-electron chi connectivity index (χ4n) is 2.77. The molecule has 2 nitrogen and oxygen atoms in total. The first-order valence-corrected chi connectivity index (χ1v) is 7.15. The quantitative estimate of drug-likeness (QED) is 0.885. The zero-order valence-electron chi connectivity index (χ0n) is 11.6. The number of benzene rings is 1. The summed E-state index contributed by atoms with van der Waals surface area (Å²) in [6, 6.07) is 8.30. The van der Waals surface area contributed by atoms with Gasteiger partial charge in [0.15, 0.2) is 0 Å². The molecule has 0 spiro atoms. The monoisotopic (exact) mass is 247 g/mol. The average molecular weight is 247 g/mol. The number of ether oxygens (including phenoxy) is 1. The number of rotatable bonds is 4. The van der Waals surface area contributed by atoms with Gasteiger partial charge in [-0.05, 0) is 55.7 Å². The van der Waals surface area contributed by atoms with Crippen LogP contribution in [0.2, 0.25) is 0 Å². The second kappa shape index (κ2) is 6.24. The average Bonchev–Trinajstić information content (AvgIpc) is 2.37. The van der Waals surface area contributed by atoms with Crippen molar-refractivity contribution in [1.29, 1.82) is 0 Å². The highest BCUT2D eigenvalue weighted by Gasteiger charge is 2.26. The first-order chi connectivity index (χ1) is 8.70. The summed E-state index contributed by atoms with van der Waals surface area (Å²) in [5.41, 5.74) is 6.89. The lowest BCUT2D eigenvalue weighted by atomic mass is 9.80. The van der Waals surface area contributed by atoms with Gasteiger partial charge in [0.2, 0.25) is 0 Å². The Kier molecular flexibility index (Phi) is 4.65. The molecule has 0 aliphatic heterocycles. The smallest absolute Gasteiger partial charge is 0.122 e. The molecule has 2 N–H and O–H groups in total. The van der Waals surface area contributed by atoms with Crippen molar-refractivity contribution in [2.75, 3.05) is 6.54 Å². The van der Waals surface area contributed by atoms with Crippen molar-refractivity contribution in [2.24, 2.45) is 17.6 Å². The van der Waals surface area contributed by atoms with Gasteiger partial charge in [0, 0.05) is 0 Å². The van der Waals surface area contributed by atoms with Gasteiger partial charge in [-0.15, -0.1) is 0 Å². The molecule has 3 unspecified atom stereocenters. The van der Waals surface area contributed by atoms with Crippen LogP contribution in [0.25, 0.3) is 0 Å². The zero-order chi connectivity index (χ0) is 13.0. The molecule has 0 saturated heterocycles. The fraction of sp³-hybridized carbons (Fsp3) is 0.625. The molecule has 1 aliphatic carbocycles. The standard InChI is InChI=1S/C16H25NO/c1-12-7-8-15(11-13(12)2)18-16-6-4-3-5-14(16)9-10-17/h3-6,12-13,15H,7-11,17H2,1-2H3. The fourth-order valence-corrected chi connectivity index (χ4v) is 2.77. The first kappa shape index (κ1) is 13.4. The van der Waals surface area contributed by atoms with Crippen LogP contribution in [0.3, 0.4) is 0 Å². The Morgan fingerprint density at radius 1 is 1.17 bits per heavy atom. The van der Waals surface area contributed by atoms with E-state index in [0.717, 1.165) is 24.0 Å². The van der Waals surface area contributed by atoms with Crippen LogP contribution in [0.15, 0.2) is 24.3 Å². The van der Waals surface area contributed by atoms with Crippen LogP contribution in [0, 0.1) is 11.8 Å². The Balaban J connectivity index is 2.01. The van der Waals surface area contributed by atoms with Gasteiger partial charge in [-0.25, -0.2) is 0 Å². The van der Waals surface area contributed by atoms with E-state index in [1.54, 1.807) is 0 Å². The Labute approximate surface area is 111 Å². The second-order valence-electron chi connectivity index (χ2n) is 5.65. The highest BCUT2D eigenvalue weighted by Crippen LogP contribution is 2.32. The highest BCUT2D eigenvalue weighted by atomic mass is 16.5. The normalized spacial score (nSPS) is 28.1. The predicted octanol–water partition coefficient (Wildman–Crippen LogP) is 3.39. The van der Waals surface area contributed by atoms with Crippen LogP contribution in [-0.2, 0) is 6.42 Å². The molecule has 18 heavy (non-hydrogen) atoms. The van der Waals surface area contributed by atoms with E-state index in [0.29, 0.717) is 12.6 Å². The lowest BCUT2D eigenvalue weighted by Crippen LogP contribution is -2.29. The van der Waals surface area contributed by atoms with E-state index < -0.39 is 0 Å². The largest absolute Gasteiger partial charge is 0.490 e. The number of hydrogen-bond acceptors (Lipinski definition) is 2. The third-order valence-electron chi connectivity index (χ3n) is 4.23. The molecule has 100 valence electrons. The van der Waals surface area contributed by atoms with Crippen molar-refractivity contribution >= 4 is 0 Å². The van der Waals surface area contributed by atoms with E-state index in [1.807, 2.05) is 6.07 Å². The molecule has 0 radical (unpaired) electrons. The third-order valence-corrected chi connectivity index (χ3v) is 4.23. The Morgan fingerprint density at radius 3 is 2.67 bits per heavy atom. The summed E-state index contributed by atoms with van der Waals surface area (Å²) < 4.78 is 6.20. The molecule has 0 amide bonds. The molecular formula is C16H25NO. The van der Waals surface area contributed by atoms with Crippen molar-refractivity contribution in [3.05, 3.63) is 29.8 Å². The van der Waals surface area contributed by atoms with E-state index in [-0.39, 0.29) is 0 Å². The van der Waals surface area contributed by atoms with Crippen molar-refractivity contribution in [2.45, 2.75) is 45.6 Å². The minimum absolute atomic E-state index is 0.384. The van der Waals surface area contributed by atoms with Gasteiger partial charge in [-0.2, -0.15) is 0 Å².